The van der Waals surface area contributed by atoms with Crippen molar-refractivity contribution in [2.75, 3.05) is 20.2 Å². The molecule has 0 spiro atoms. The molecular weight excluding hydrogens is 494 g/mol. The van der Waals surface area contributed by atoms with E-state index in [2.05, 4.69) is 18.2 Å². The second-order valence-electron chi connectivity index (χ2n) is 9.70. The summed E-state index contributed by atoms with van der Waals surface area (Å²) in [7, 11) is 1.53. The standard InChI is InChI=1S/C30H29N5O4/c1-19(2)39-26-13-21(9-10-25(26)37-3)27-24-15-35(29(36)38-16-20-7-5-4-6-8-20)12-11-22(24)23(14-31)28(34)30(27,17-32)18-33/h4-11,13,19,24,27H,12,15-16,34H2,1-3H3/t24-,27-/m1/s1. The molecule has 0 fully saturated rings. The van der Waals surface area contributed by atoms with Crippen LogP contribution >= 0.6 is 0 Å². The Morgan fingerprint density at radius 2 is 1.85 bits per heavy atom. The molecule has 2 aromatic rings. The molecule has 1 aliphatic heterocycles. The number of allylic oxidation sites excluding steroid dienone is 2. The molecule has 0 bridgehead atoms. The van der Waals surface area contributed by atoms with E-state index in [1.54, 1.807) is 24.3 Å². The van der Waals surface area contributed by atoms with Gasteiger partial charge in [0.15, 0.2) is 16.9 Å². The van der Waals surface area contributed by atoms with E-state index < -0.39 is 23.3 Å². The summed E-state index contributed by atoms with van der Waals surface area (Å²) in [5.74, 6) is -0.441. The van der Waals surface area contributed by atoms with Gasteiger partial charge in [-0.05, 0) is 42.7 Å². The summed E-state index contributed by atoms with van der Waals surface area (Å²) in [6.07, 6.45) is 1.06. The van der Waals surface area contributed by atoms with E-state index in [1.165, 1.54) is 12.0 Å². The number of rotatable bonds is 6. The highest BCUT2D eigenvalue weighted by Crippen LogP contribution is 2.55. The summed E-state index contributed by atoms with van der Waals surface area (Å²) >= 11 is 0. The average molecular weight is 524 g/mol. The summed E-state index contributed by atoms with van der Waals surface area (Å²) < 4.78 is 17.0. The minimum Gasteiger partial charge on any atom is -0.493 e. The van der Waals surface area contributed by atoms with Gasteiger partial charge in [-0.1, -0.05) is 42.5 Å². The Morgan fingerprint density at radius 3 is 2.46 bits per heavy atom. The lowest BCUT2D eigenvalue weighted by molar-refractivity contribution is 0.0898. The predicted molar refractivity (Wildman–Crippen MR) is 142 cm³/mol. The van der Waals surface area contributed by atoms with Gasteiger partial charge in [0.05, 0.1) is 36.6 Å². The maximum absolute atomic E-state index is 13.1. The van der Waals surface area contributed by atoms with Gasteiger partial charge in [-0.3, -0.25) is 0 Å². The van der Waals surface area contributed by atoms with Crippen LogP contribution in [0.25, 0.3) is 0 Å². The molecule has 2 aromatic carbocycles. The summed E-state index contributed by atoms with van der Waals surface area (Å²) in [5, 5.41) is 30.7. The molecule has 1 aliphatic carbocycles. The maximum atomic E-state index is 13.1. The van der Waals surface area contributed by atoms with E-state index in [9.17, 15) is 20.6 Å². The molecule has 1 amide bonds. The van der Waals surface area contributed by atoms with E-state index >= 15 is 0 Å². The summed E-state index contributed by atoms with van der Waals surface area (Å²) in [6.45, 7) is 4.18. The molecule has 4 rings (SSSR count). The zero-order valence-corrected chi connectivity index (χ0v) is 22.0. The van der Waals surface area contributed by atoms with Gasteiger partial charge in [0.2, 0.25) is 0 Å². The lowest BCUT2D eigenvalue weighted by Gasteiger charge is -2.45. The zero-order valence-electron chi connectivity index (χ0n) is 22.0. The molecule has 9 heteroatoms. The third-order valence-corrected chi connectivity index (χ3v) is 7.04. The number of nitriles is 3. The highest BCUT2D eigenvalue weighted by Gasteiger charge is 2.55. The van der Waals surface area contributed by atoms with E-state index in [4.69, 9.17) is 19.9 Å². The van der Waals surface area contributed by atoms with Gasteiger partial charge < -0.3 is 24.8 Å². The third-order valence-electron chi connectivity index (χ3n) is 7.04. The van der Waals surface area contributed by atoms with E-state index in [0.717, 1.165) is 5.56 Å². The summed E-state index contributed by atoms with van der Waals surface area (Å²) in [4.78, 5) is 14.6. The van der Waals surface area contributed by atoms with Crippen LogP contribution in [0.5, 0.6) is 11.5 Å². The van der Waals surface area contributed by atoms with E-state index in [0.29, 0.717) is 22.6 Å². The van der Waals surface area contributed by atoms with Gasteiger partial charge in [-0.25, -0.2) is 4.79 Å². The fourth-order valence-electron chi connectivity index (χ4n) is 5.25. The first-order valence-electron chi connectivity index (χ1n) is 12.5. The smallest absolute Gasteiger partial charge is 0.410 e. The molecule has 0 saturated carbocycles. The molecule has 2 N–H and O–H groups in total. The Morgan fingerprint density at radius 1 is 1.13 bits per heavy atom. The van der Waals surface area contributed by atoms with Gasteiger partial charge in [0.25, 0.3) is 0 Å². The second-order valence-corrected chi connectivity index (χ2v) is 9.70. The number of nitrogens with zero attached hydrogens (tertiary/aromatic N) is 4. The second kappa shape index (κ2) is 11.2. The van der Waals surface area contributed by atoms with Crippen LogP contribution in [-0.4, -0.2) is 37.3 Å². The molecule has 9 nitrogen and oxygen atoms in total. The third kappa shape index (κ3) is 4.98. The van der Waals surface area contributed by atoms with Crippen LogP contribution in [0, 0.1) is 45.3 Å². The molecule has 0 radical (unpaired) electrons. The summed E-state index contributed by atoms with van der Waals surface area (Å²) in [6, 6.07) is 20.9. The van der Waals surface area contributed by atoms with Crippen molar-refractivity contribution in [3.8, 4) is 29.7 Å². The lowest BCUT2D eigenvalue weighted by atomic mass is 9.58. The number of ether oxygens (including phenoxy) is 3. The van der Waals surface area contributed by atoms with Crippen molar-refractivity contribution < 1.29 is 19.0 Å². The first-order chi connectivity index (χ1) is 18.8. The van der Waals surface area contributed by atoms with Crippen LogP contribution < -0.4 is 15.2 Å². The molecular formula is C30H29N5O4. The van der Waals surface area contributed by atoms with E-state index in [1.807, 2.05) is 44.2 Å². The van der Waals surface area contributed by atoms with Gasteiger partial charge in [0.1, 0.15) is 12.7 Å². The number of hydrogen-bond donors (Lipinski definition) is 1. The number of carbonyl (C=O) groups is 1. The molecule has 0 unspecified atom stereocenters. The first-order valence-corrected chi connectivity index (χ1v) is 12.5. The zero-order chi connectivity index (χ0) is 28.2. The highest BCUT2D eigenvalue weighted by atomic mass is 16.6. The van der Waals surface area contributed by atoms with Crippen LogP contribution in [0.4, 0.5) is 4.79 Å². The Hall–Kier alpha value is -4.94. The topological polar surface area (TPSA) is 145 Å². The average Bonchev–Trinajstić information content (AvgIpc) is 2.95. The van der Waals surface area contributed by atoms with Crippen LogP contribution in [-0.2, 0) is 11.3 Å². The molecule has 198 valence electrons. The lowest BCUT2D eigenvalue weighted by Crippen LogP contribution is -2.49. The van der Waals surface area contributed by atoms with Gasteiger partial charge in [-0.2, -0.15) is 15.8 Å². The number of fused-ring (bicyclic) bond motifs is 1. The number of benzene rings is 2. The van der Waals surface area contributed by atoms with Crippen molar-refractivity contribution >= 4 is 6.09 Å². The SMILES string of the molecule is COc1ccc([C@@H]2[C@@H]3CN(C(=O)OCc4ccccc4)CC=C3C(C#N)=C(N)C2(C#N)C#N)cc1OC(C)C. The van der Waals surface area contributed by atoms with Crippen molar-refractivity contribution in [1.29, 1.82) is 15.8 Å². The van der Waals surface area contributed by atoms with Crippen molar-refractivity contribution in [1.82, 2.24) is 4.90 Å². The van der Waals surface area contributed by atoms with Crippen LogP contribution in [0.1, 0.15) is 30.9 Å². The largest absolute Gasteiger partial charge is 0.493 e. The molecule has 2 atom stereocenters. The van der Waals surface area contributed by atoms with Gasteiger partial charge in [0, 0.05) is 24.9 Å². The number of carbonyl (C=O) groups excluding carboxylic acids is 1. The highest BCUT2D eigenvalue weighted by molar-refractivity contribution is 5.69. The van der Waals surface area contributed by atoms with Crippen LogP contribution in [0.3, 0.4) is 0 Å². The van der Waals surface area contributed by atoms with Crippen molar-refractivity contribution in [3.63, 3.8) is 0 Å². The van der Waals surface area contributed by atoms with Gasteiger partial charge in [-0.15, -0.1) is 0 Å². The number of amides is 1. The molecule has 0 aromatic heterocycles. The van der Waals surface area contributed by atoms with Crippen LogP contribution in [0.15, 0.2) is 71.5 Å². The number of hydrogen-bond acceptors (Lipinski definition) is 8. The monoisotopic (exact) mass is 523 g/mol. The Kier molecular flexibility index (Phi) is 7.79. The van der Waals surface area contributed by atoms with Crippen molar-refractivity contribution in [2.45, 2.75) is 32.5 Å². The quantitative estimate of drug-likeness (QED) is 0.581. The Bertz CT molecular complexity index is 1430. The number of nitrogens with two attached hydrogens (primary N) is 1. The van der Waals surface area contributed by atoms with Gasteiger partial charge >= 0.3 is 6.09 Å². The fraction of sp³-hybridized carbons (Fsp3) is 0.333. The molecule has 2 aliphatic rings. The minimum absolute atomic E-state index is 0.0928. The first kappa shape index (κ1) is 27.1. The Balaban J connectivity index is 1.78. The van der Waals surface area contributed by atoms with Crippen LogP contribution in [0.2, 0.25) is 0 Å². The normalized spacial score (nSPS) is 19.6. The molecule has 1 heterocycles. The van der Waals surface area contributed by atoms with E-state index in [-0.39, 0.29) is 37.1 Å². The van der Waals surface area contributed by atoms with Crippen molar-refractivity contribution in [3.05, 3.63) is 82.6 Å². The predicted octanol–water partition coefficient (Wildman–Crippen LogP) is 4.54. The maximum Gasteiger partial charge on any atom is 0.410 e. The minimum atomic E-state index is -1.85. The Labute approximate surface area is 227 Å². The number of methoxy groups -OCH3 is 1. The fourth-order valence-corrected chi connectivity index (χ4v) is 5.25. The molecule has 39 heavy (non-hydrogen) atoms. The molecule has 0 saturated heterocycles. The summed E-state index contributed by atoms with van der Waals surface area (Å²) in [5.41, 5.74) is 6.63. The van der Waals surface area contributed by atoms with Crippen molar-refractivity contribution in [2.24, 2.45) is 17.1 Å².